The van der Waals surface area contributed by atoms with Crippen molar-refractivity contribution in [2.45, 2.75) is 20.8 Å². The summed E-state index contributed by atoms with van der Waals surface area (Å²) in [7, 11) is 1.70. The summed E-state index contributed by atoms with van der Waals surface area (Å²) in [5.41, 5.74) is 3.35. The molecule has 104 valence electrons. The predicted octanol–water partition coefficient (Wildman–Crippen LogP) is 3.37. The zero-order chi connectivity index (χ0) is 13.8. The van der Waals surface area contributed by atoms with Gasteiger partial charge < -0.3 is 14.8 Å². The number of rotatable bonds is 6. The molecule has 0 amide bonds. The number of hydrogen-bond donors (Lipinski definition) is 1. The molecule has 1 heterocycles. The van der Waals surface area contributed by atoms with Gasteiger partial charge in [0, 0.05) is 13.7 Å². The number of nitrogens with zero attached hydrogens (tertiary/aromatic N) is 1. The van der Waals surface area contributed by atoms with Crippen LogP contribution in [0.1, 0.15) is 18.1 Å². The normalized spacial score (nSPS) is 10.9. The minimum absolute atomic E-state index is 0.656. The van der Waals surface area contributed by atoms with Crippen LogP contribution in [-0.2, 0) is 4.74 Å². The molecule has 0 saturated carbocycles. The molecule has 1 N–H and O–H groups in total. The molecule has 0 spiro atoms. The lowest BCUT2D eigenvalue weighted by Crippen LogP contribution is -2.06. The minimum Gasteiger partial charge on any atom is -0.491 e. The summed E-state index contributed by atoms with van der Waals surface area (Å²) in [6.45, 7) is 8.26. The molecule has 0 aliphatic carbocycles. The van der Waals surface area contributed by atoms with Gasteiger partial charge in [-0.3, -0.25) is 0 Å². The van der Waals surface area contributed by atoms with Gasteiger partial charge in [0.15, 0.2) is 5.13 Å². The topological polar surface area (TPSA) is 43.4 Å². The Labute approximate surface area is 117 Å². The first kappa shape index (κ1) is 14.1. The van der Waals surface area contributed by atoms with Crippen molar-refractivity contribution in [1.29, 1.82) is 0 Å². The molecule has 2 rings (SSSR count). The Hall–Kier alpha value is -1.33. The average molecular weight is 280 g/mol. The van der Waals surface area contributed by atoms with Gasteiger partial charge in [-0.25, -0.2) is 4.98 Å². The molecule has 1 aromatic carbocycles. The number of benzene rings is 1. The Morgan fingerprint density at radius 1 is 1.32 bits per heavy atom. The second kappa shape index (κ2) is 6.21. The largest absolute Gasteiger partial charge is 0.491 e. The van der Waals surface area contributed by atoms with Crippen LogP contribution in [0.4, 0.5) is 5.13 Å². The fraction of sp³-hybridized carbons (Fsp3) is 0.500. The van der Waals surface area contributed by atoms with Crippen LogP contribution in [-0.4, -0.2) is 31.9 Å². The fourth-order valence-corrected chi connectivity index (χ4v) is 3.01. The van der Waals surface area contributed by atoms with Crippen molar-refractivity contribution in [3.05, 3.63) is 17.2 Å². The first-order valence-corrected chi connectivity index (χ1v) is 7.25. The first-order chi connectivity index (χ1) is 9.17. The lowest BCUT2D eigenvalue weighted by molar-refractivity contribution is 0.211. The molecule has 0 fully saturated rings. The Balaban J connectivity index is 2.39. The SMILES string of the molecule is CCOc1c(C)cc(C)c2sc(NCCOC)nc12. The van der Waals surface area contributed by atoms with E-state index < -0.39 is 0 Å². The number of aromatic nitrogens is 1. The van der Waals surface area contributed by atoms with Crippen LogP contribution < -0.4 is 10.1 Å². The molecule has 19 heavy (non-hydrogen) atoms. The van der Waals surface area contributed by atoms with E-state index in [1.165, 1.54) is 10.3 Å². The number of methoxy groups -OCH3 is 1. The molecule has 5 heteroatoms. The molecule has 0 aliphatic rings. The van der Waals surface area contributed by atoms with Gasteiger partial charge in [0.2, 0.25) is 0 Å². The maximum atomic E-state index is 5.74. The van der Waals surface area contributed by atoms with Crippen LogP contribution in [0.3, 0.4) is 0 Å². The van der Waals surface area contributed by atoms with Gasteiger partial charge in [0.05, 0.1) is 17.9 Å². The molecule has 2 aromatic rings. The standard InChI is InChI=1S/C14H20N2O2S/c1-5-18-12-9(2)8-10(3)13-11(12)16-14(19-13)15-6-7-17-4/h8H,5-7H2,1-4H3,(H,15,16). The molecule has 0 aliphatic heterocycles. The summed E-state index contributed by atoms with van der Waals surface area (Å²) in [5.74, 6) is 0.902. The average Bonchev–Trinajstić information content (AvgIpc) is 2.79. The van der Waals surface area contributed by atoms with Crippen LogP contribution in [0, 0.1) is 13.8 Å². The van der Waals surface area contributed by atoms with E-state index >= 15 is 0 Å². The van der Waals surface area contributed by atoms with E-state index in [1.54, 1.807) is 18.4 Å². The number of anilines is 1. The van der Waals surface area contributed by atoms with Gasteiger partial charge in [-0.1, -0.05) is 17.4 Å². The van der Waals surface area contributed by atoms with E-state index in [2.05, 4.69) is 30.2 Å². The molecule has 1 aromatic heterocycles. The summed E-state index contributed by atoms with van der Waals surface area (Å²) in [4.78, 5) is 4.65. The third-order valence-corrected chi connectivity index (χ3v) is 4.01. The number of hydrogen-bond acceptors (Lipinski definition) is 5. The van der Waals surface area contributed by atoms with Crippen LogP contribution in [0.2, 0.25) is 0 Å². The van der Waals surface area contributed by atoms with E-state index in [9.17, 15) is 0 Å². The molecule has 4 nitrogen and oxygen atoms in total. The maximum absolute atomic E-state index is 5.74. The van der Waals surface area contributed by atoms with Crippen molar-refractivity contribution >= 4 is 26.7 Å². The smallest absolute Gasteiger partial charge is 0.184 e. The lowest BCUT2D eigenvalue weighted by Gasteiger charge is -2.08. The Kier molecular flexibility index (Phi) is 4.61. The molecule has 0 saturated heterocycles. The lowest BCUT2D eigenvalue weighted by atomic mass is 10.1. The summed E-state index contributed by atoms with van der Waals surface area (Å²) in [6.07, 6.45) is 0. The number of fused-ring (bicyclic) bond motifs is 1. The monoisotopic (exact) mass is 280 g/mol. The van der Waals surface area contributed by atoms with Crippen LogP contribution in [0.5, 0.6) is 5.75 Å². The predicted molar refractivity (Wildman–Crippen MR) is 80.6 cm³/mol. The summed E-state index contributed by atoms with van der Waals surface area (Å²) < 4.78 is 12.0. The van der Waals surface area contributed by atoms with Crippen molar-refractivity contribution in [1.82, 2.24) is 4.98 Å². The molecule has 0 bridgehead atoms. The second-order valence-corrected chi connectivity index (χ2v) is 5.39. The molecule has 0 unspecified atom stereocenters. The van der Waals surface area contributed by atoms with Gasteiger partial charge in [0.25, 0.3) is 0 Å². The Morgan fingerprint density at radius 2 is 2.11 bits per heavy atom. The highest BCUT2D eigenvalue weighted by molar-refractivity contribution is 7.22. The zero-order valence-corrected chi connectivity index (χ0v) is 12.7. The number of nitrogens with one attached hydrogen (secondary N) is 1. The highest BCUT2D eigenvalue weighted by atomic mass is 32.1. The molecular weight excluding hydrogens is 260 g/mol. The Morgan fingerprint density at radius 3 is 2.79 bits per heavy atom. The van der Waals surface area contributed by atoms with E-state index in [-0.39, 0.29) is 0 Å². The number of thiazole rings is 1. The molecular formula is C14H20N2O2S. The van der Waals surface area contributed by atoms with Gasteiger partial charge in [-0.05, 0) is 31.9 Å². The number of aryl methyl sites for hydroxylation is 2. The highest BCUT2D eigenvalue weighted by Gasteiger charge is 2.14. The van der Waals surface area contributed by atoms with E-state index in [0.29, 0.717) is 13.2 Å². The quantitative estimate of drug-likeness (QED) is 0.824. The van der Waals surface area contributed by atoms with E-state index in [1.807, 2.05) is 6.92 Å². The third-order valence-electron chi connectivity index (χ3n) is 2.86. The summed E-state index contributed by atoms with van der Waals surface area (Å²) in [6, 6.07) is 2.16. The molecule has 0 atom stereocenters. The van der Waals surface area contributed by atoms with Crippen LogP contribution in [0.25, 0.3) is 10.2 Å². The van der Waals surface area contributed by atoms with Crippen molar-refractivity contribution in [2.24, 2.45) is 0 Å². The summed E-state index contributed by atoms with van der Waals surface area (Å²) >= 11 is 1.67. The Bertz CT molecular complexity index is 566. The van der Waals surface area contributed by atoms with Crippen molar-refractivity contribution < 1.29 is 9.47 Å². The van der Waals surface area contributed by atoms with Crippen molar-refractivity contribution in [2.75, 3.05) is 32.2 Å². The van der Waals surface area contributed by atoms with Gasteiger partial charge in [-0.15, -0.1) is 0 Å². The van der Waals surface area contributed by atoms with Crippen LogP contribution in [0.15, 0.2) is 6.07 Å². The fourth-order valence-electron chi connectivity index (χ4n) is 2.05. The van der Waals surface area contributed by atoms with Crippen molar-refractivity contribution in [3.63, 3.8) is 0 Å². The van der Waals surface area contributed by atoms with Crippen LogP contribution >= 0.6 is 11.3 Å². The first-order valence-electron chi connectivity index (χ1n) is 6.43. The van der Waals surface area contributed by atoms with Crippen molar-refractivity contribution in [3.8, 4) is 5.75 Å². The number of ether oxygens (including phenoxy) is 2. The molecule has 0 radical (unpaired) electrons. The van der Waals surface area contributed by atoms with Gasteiger partial charge in [0.1, 0.15) is 11.3 Å². The van der Waals surface area contributed by atoms with Gasteiger partial charge in [-0.2, -0.15) is 0 Å². The zero-order valence-electron chi connectivity index (χ0n) is 11.9. The third kappa shape index (κ3) is 2.98. The second-order valence-electron chi connectivity index (χ2n) is 4.39. The van der Waals surface area contributed by atoms with E-state index in [0.717, 1.165) is 28.5 Å². The highest BCUT2D eigenvalue weighted by Crippen LogP contribution is 2.37. The van der Waals surface area contributed by atoms with E-state index in [4.69, 9.17) is 9.47 Å². The maximum Gasteiger partial charge on any atom is 0.184 e. The van der Waals surface area contributed by atoms with Gasteiger partial charge >= 0.3 is 0 Å². The minimum atomic E-state index is 0.656. The summed E-state index contributed by atoms with van der Waals surface area (Å²) in [5, 5.41) is 4.20.